The first-order valence-corrected chi connectivity index (χ1v) is 7.56. The highest BCUT2D eigenvalue weighted by molar-refractivity contribution is 6.18. The molecule has 4 heteroatoms. The predicted octanol–water partition coefficient (Wildman–Crippen LogP) is 3.06. The lowest BCUT2D eigenvalue weighted by molar-refractivity contribution is -0.0691. The van der Waals surface area contributed by atoms with Gasteiger partial charge in [0.2, 0.25) is 0 Å². The molecule has 2 atom stereocenters. The van der Waals surface area contributed by atoms with Gasteiger partial charge in [0.15, 0.2) is 0 Å². The number of fused-ring (bicyclic) bond motifs is 1. The highest BCUT2D eigenvalue weighted by atomic mass is 35.5. The number of nitrogens with zero attached hydrogens (tertiary/aromatic N) is 2. The molecule has 2 unspecified atom stereocenters. The molecule has 3 rings (SSSR count). The van der Waals surface area contributed by atoms with E-state index in [2.05, 4.69) is 36.1 Å². The molecule has 1 aliphatic rings. The van der Waals surface area contributed by atoms with Crippen molar-refractivity contribution in [3.8, 4) is 0 Å². The minimum Gasteiger partial charge on any atom is -0.371 e. The Balaban J connectivity index is 1.75. The Morgan fingerprint density at radius 1 is 1.25 bits per heavy atom. The zero-order valence-electron chi connectivity index (χ0n) is 11.6. The molecule has 1 aromatic carbocycles. The van der Waals surface area contributed by atoms with E-state index in [1.54, 1.807) is 0 Å². The summed E-state index contributed by atoms with van der Waals surface area (Å²) in [5, 5.41) is 1.19. The Bertz CT molecular complexity index is 589. The van der Waals surface area contributed by atoms with E-state index in [0.717, 1.165) is 30.8 Å². The van der Waals surface area contributed by atoms with Gasteiger partial charge in [0, 0.05) is 30.9 Å². The van der Waals surface area contributed by atoms with Crippen LogP contribution in [0, 0.1) is 0 Å². The van der Waals surface area contributed by atoms with E-state index < -0.39 is 0 Å². The van der Waals surface area contributed by atoms with Crippen LogP contribution < -0.4 is 0 Å². The molecule has 2 aromatic rings. The van der Waals surface area contributed by atoms with E-state index in [9.17, 15) is 0 Å². The largest absolute Gasteiger partial charge is 0.371 e. The van der Waals surface area contributed by atoms with Crippen molar-refractivity contribution in [3.63, 3.8) is 0 Å². The molecule has 0 amide bonds. The summed E-state index contributed by atoms with van der Waals surface area (Å²) in [6, 6.07) is 12.5. The number of aromatic nitrogens is 1. The lowest BCUT2D eigenvalue weighted by Crippen LogP contribution is -2.46. The van der Waals surface area contributed by atoms with Gasteiger partial charge in [0.05, 0.1) is 23.4 Å². The van der Waals surface area contributed by atoms with Gasteiger partial charge < -0.3 is 4.74 Å². The van der Waals surface area contributed by atoms with E-state index in [1.165, 1.54) is 5.39 Å². The third kappa shape index (κ3) is 3.11. The Kier molecular flexibility index (Phi) is 4.20. The lowest BCUT2D eigenvalue weighted by Gasteiger charge is -2.35. The zero-order valence-corrected chi connectivity index (χ0v) is 12.4. The first-order valence-electron chi connectivity index (χ1n) is 7.03. The van der Waals surface area contributed by atoms with E-state index in [0.29, 0.717) is 5.88 Å². The van der Waals surface area contributed by atoms with Gasteiger partial charge in [-0.1, -0.05) is 24.3 Å². The average molecular weight is 291 g/mol. The first-order chi connectivity index (χ1) is 9.74. The maximum absolute atomic E-state index is 5.92. The molecule has 1 aromatic heterocycles. The second-order valence-corrected chi connectivity index (χ2v) is 5.72. The Morgan fingerprint density at radius 3 is 2.95 bits per heavy atom. The lowest BCUT2D eigenvalue weighted by atomic mass is 10.2. The van der Waals surface area contributed by atoms with Crippen LogP contribution >= 0.6 is 11.6 Å². The van der Waals surface area contributed by atoms with Crippen molar-refractivity contribution in [2.45, 2.75) is 25.7 Å². The van der Waals surface area contributed by atoms with Crippen molar-refractivity contribution in [2.75, 3.05) is 19.0 Å². The Morgan fingerprint density at radius 2 is 2.10 bits per heavy atom. The number of rotatable bonds is 3. The van der Waals surface area contributed by atoms with Gasteiger partial charge in [0.1, 0.15) is 0 Å². The van der Waals surface area contributed by atoms with Gasteiger partial charge in [-0.05, 0) is 19.1 Å². The standard InChI is InChI=1S/C16H19ClN2O/c1-12-9-19(11-15(8-17)20-12)10-14-7-6-13-4-2-3-5-16(13)18-14/h2-7,12,15H,8-11H2,1H3. The number of benzene rings is 1. The van der Waals surface area contributed by atoms with Gasteiger partial charge in [-0.25, -0.2) is 0 Å². The van der Waals surface area contributed by atoms with Crippen molar-refractivity contribution in [3.05, 3.63) is 42.1 Å². The second-order valence-electron chi connectivity index (χ2n) is 5.41. The van der Waals surface area contributed by atoms with Crippen LogP contribution in [0.4, 0.5) is 0 Å². The molecule has 0 N–H and O–H groups in total. The number of pyridine rings is 1. The van der Waals surface area contributed by atoms with Crippen LogP contribution in [-0.2, 0) is 11.3 Å². The number of halogens is 1. The van der Waals surface area contributed by atoms with E-state index in [-0.39, 0.29) is 12.2 Å². The summed E-state index contributed by atoms with van der Waals surface area (Å²) >= 11 is 5.92. The van der Waals surface area contributed by atoms with E-state index >= 15 is 0 Å². The molecule has 2 heterocycles. The molecule has 1 fully saturated rings. The maximum atomic E-state index is 5.92. The van der Waals surface area contributed by atoms with Crippen LogP contribution in [0.1, 0.15) is 12.6 Å². The number of ether oxygens (including phenoxy) is 1. The van der Waals surface area contributed by atoms with Crippen molar-refractivity contribution >= 4 is 22.5 Å². The fourth-order valence-corrected chi connectivity index (χ4v) is 2.95. The SMILES string of the molecule is CC1CN(Cc2ccc3ccccc3n2)CC(CCl)O1. The highest BCUT2D eigenvalue weighted by Gasteiger charge is 2.24. The molecular weight excluding hydrogens is 272 g/mol. The number of alkyl halides is 1. The first kappa shape index (κ1) is 13.8. The minimum absolute atomic E-state index is 0.126. The summed E-state index contributed by atoms with van der Waals surface area (Å²) in [6.07, 6.45) is 0.355. The quantitative estimate of drug-likeness (QED) is 0.813. The van der Waals surface area contributed by atoms with Crippen LogP contribution in [0.5, 0.6) is 0 Å². The third-order valence-corrected chi connectivity index (χ3v) is 3.96. The Hall–Kier alpha value is -1.16. The summed E-state index contributed by atoms with van der Waals surface area (Å²) in [5.74, 6) is 0.548. The summed E-state index contributed by atoms with van der Waals surface area (Å²) in [5.41, 5.74) is 2.16. The topological polar surface area (TPSA) is 25.4 Å². The molecule has 1 saturated heterocycles. The van der Waals surface area contributed by atoms with Gasteiger partial charge in [0.25, 0.3) is 0 Å². The molecule has 0 radical (unpaired) electrons. The Labute approximate surface area is 124 Å². The van der Waals surface area contributed by atoms with Crippen molar-refractivity contribution < 1.29 is 4.74 Å². The molecule has 1 aliphatic heterocycles. The second kappa shape index (κ2) is 6.08. The molecule has 106 valence electrons. The van der Waals surface area contributed by atoms with Gasteiger partial charge >= 0.3 is 0 Å². The monoisotopic (exact) mass is 290 g/mol. The van der Waals surface area contributed by atoms with E-state index in [1.807, 2.05) is 12.1 Å². The number of morpholine rings is 1. The average Bonchev–Trinajstić information content (AvgIpc) is 2.46. The fourth-order valence-electron chi connectivity index (χ4n) is 2.78. The smallest absolute Gasteiger partial charge is 0.0841 e. The summed E-state index contributed by atoms with van der Waals surface area (Å²) in [7, 11) is 0. The van der Waals surface area contributed by atoms with Crippen molar-refractivity contribution in [1.82, 2.24) is 9.88 Å². The van der Waals surface area contributed by atoms with Crippen molar-refractivity contribution in [1.29, 1.82) is 0 Å². The summed E-state index contributed by atoms with van der Waals surface area (Å²) in [4.78, 5) is 7.10. The van der Waals surface area contributed by atoms with Crippen LogP contribution in [0.2, 0.25) is 0 Å². The molecule has 0 bridgehead atoms. The fraction of sp³-hybridized carbons (Fsp3) is 0.438. The maximum Gasteiger partial charge on any atom is 0.0841 e. The normalized spacial score (nSPS) is 24.1. The molecular formula is C16H19ClN2O. The highest BCUT2D eigenvalue weighted by Crippen LogP contribution is 2.17. The zero-order chi connectivity index (χ0) is 13.9. The van der Waals surface area contributed by atoms with Gasteiger partial charge in [-0.15, -0.1) is 11.6 Å². The van der Waals surface area contributed by atoms with Gasteiger partial charge in [-0.3, -0.25) is 9.88 Å². The van der Waals surface area contributed by atoms with Crippen LogP contribution in [0.25, 0.3) is 10.9 Å². The molecule has 20 heavy (non-hydrogen) atoms. The number of hydrogen-bond donors (Lipinski definition) is 0. The predicted molar refractivity (Wildman–Crippen MR) is 82.1 cm³/mol. The molecule has 3 nitrogen and oxygen atoms in total. The van der Waals surface area contributed by atoms with Crippen molar-refractivity contribution in [2.24, 2.45) is 0 Å². The van der Waals surface area contributed by atoms with Crippen LogP contribution in [-0.4, -0.2) is 41.1 Å². The minimum atomic E-state index is 0.126. The van der Waals surface area contributed by atoms with Crippen LogP contribution in [0.3, 0.4) is 0 Å². The molecule has 0 saturated carbocycles. The van der Waals surface area contributed by atoms with E-state index in [4.69, 9.17) is 21.3 Å². The molecule has 0 spiro atoms. The number of para-hydroxylation sites is 1. The number of hydrogen-bond acceptors (Lipinski definition) is 3. The summed E-state index contributed by atoms with van der Waals surface area (Å²) < 4.78 is 5.78. The third-order valence-electron chi connectivity index (χ3n) is 3.62. The summed E-state index contributed by atoms with van der Waals surface area (Å²) in [6.45, 7) is 4.76. The molecule has 0 aliphatic carbocycles. The van der Waals surface area contributed by atoms with Gasteiger partial charge in [-0.2, -0.15) is 0 Å². The van der Waals surface area contributed by atoms with Crippen LogP contribution in [0.15, 0.2) is 36.4 Å².